The molecule has 0 radical (unpaired) electrons. The van der Waals surface area contributed by atoms with Crippen molar-refractivity contribution >= 4 is 0 Å². The minimum Gasteiger partial charge on any atom is -0.330 e. The molecule has 0 amide bonds. The Morgan fingerprint density at radius 2 is 1.57 bits per heavy atom. The van der Waals surface area contributed by atoms with Gasteiger partial charge in [-0.3, -0.25) is 0 Å². The average Bonchev–Trinajstić information content (AvgIpc) is 1.96. The van der Waals surface area contributed by atoms with Crippen molar-refractivity contribution < 1.29 is 0 Å². The van der Waals surface area contributed by atoms with Crippen molar-refractivity contribution in [1.29, 1.82) is 0 Å². The van der Waals surface area contributed by atoms with Crippen LogP contribution < -0.4 is 11.1 Å². The number of nitrogens with two attached hydrogens (primary N) is 1. The van der Waals surface area contributed by atoms with Crippen molar-refractivity contribution in [3.63, 3.8) is 0 Å². The lowest BCUT2D eigenvalue weighted by atomic mass is 9.84. The number of hydrogen-bond acceptors (Lipinski definition) is 2. The Bertz CT molecular complexity index is 145. The lowest BCUT2D eigenvalue weighted by molar-refractivity contribution is 0.294. The molecule has 0 spiro atoms. The smallest absolute Gasteiger partial charge is 0.00965 e. The van der Waals surface area contributed by atoms with E-state index in [1.54, 1.807) is 0 Å². The summed E-state index contributed by atoms with van der Waals surface area (Å²) in [7, 11) is 0. The quantitative estimate of drug-likeness (QED) is 0.647. The zero-order valence-electron chi connectivity index (χ0n) is 10.6. The second-order valence-electron chi connectivity index (χ2n) is 5.98. The van der Waals surface area contributed by atoms with Gasteiger partial charge in [-0.15, -0.1) is 0 Å². The molecular formula is C12H28N2. The van der Waals surface area contributed by atoms with Crippen LogP contribution in [0.4, 0.5) is 0 Å². The normalized spacial score (nSPS) is 13.3. The van der Waals surface area contributed by atoms with Crippen LogP contribution in [0.2, 0.25) is 0 Å². The SMILES string of the molecule is CC(C)(CCN)CCCNC(C)(C)C. The molecule has 14 heavy (non-hydrogen) atoms. The molecule has 0 aliphatic rings. The molecule has 86 valence electrons. The lowest BCUT2D eigenvalue weighted by Gasteiger charge is -2.25. The van der Waals surface area contributed by atoms with Crippen LogP contribution in [0.1, 0.15) is 53.9 Å². The van der Waals surface area contributed by atoms with Crippen LogP contribution in [-0.4, -0.2) is 18.6 Å². The highest BCUT2D eigenvalue weighted by Crippen LogP contribution is 2.25. The van der Waals surface area contributed by atoms with E-state index in [-0.39, 0.29) is 5.54 Å². The Morgan fingerprint density at radius 3 is 2.00 bits per heavy atom. The second kappa shape index (κ2) is 5.72. The van der Waals surface area contributed by atoms with Gasteiger partial charge >= 0.3 is 0 Å². The molecule has 2 heteroatoms. The van der Waals surface area contributed by atoms with E-state index in [9.17, 15) is 0 Å². The van der Waals surface area contributed by atoms with Crippen LogP contribution >= 0.6 is 0 Å². The summed E-state index contributed by atoms with van der Waals surface area (Å²) in [5.74, 6) is 0. The van der Waals surface area contributed by atoms with Gasteiger partial charge in [0.05, 0.1) is 0 Å². The number of rotatable bonds is 6. The molecule has 0 fully saturated rings. The molecular weight excluding hydrogens is 172 g/mol. The zero-order valence-corrected chi connectivity index (χ0v) is 10.6. The van der Waals surface area contributed by atoms with Gasteiger partial charge in [0.1, 0.15) is 0 Å². The predicted molar refractivity (Wildman–Crippen MR) is 64.4 cm³/mol. The van der Waals surface area contributed by atoms with E-state index < -0.39 is 0 Å². The third-order valence-electron chi connectivity index (χ3n) is 2.51. The van der Waals surface area contributed by atoms with Crippen LogP contribution in [0.5, 0.6) is 0 Å². The molecule has 0 rings (SSSR count). The van der Waals surface area contributed by atoms with Gasteiger partial charge in [0.15, 0.2) is 0 Å². The van der Waals surface area contributed by atoms with E-state index in [2.05, 4.69) is 39.9 Å². The van der Waals surface area contributed by atoms with Gasteiger partial charge in [-0.1, -0.05) is 13.8 Å². The Kier molecular flexibility index (Phi) is 5.68. The first kappa shape index (κ1) is 13.9. The summed E-state index contributed by atoms with van der Waals surface area (Å²) in [5.41, 5.74) is 6.23. The standard InChI is InChI=1S/C12H28N2/c1-11(2,3)14-10-6-7-12(4,5)8-9-13/h14H,6-10,13H2,1-5H3. The molecule has 0 aromatic rings. The monoisotopic (exact) mass is 200 g/mol. The van der Waals surface area contributed by atoms with E-state index >= 15 is 0 Å². The third-order valence-corrected chi connectivity index (χ3v) is 2.51. The molecule has 0 saturated carbocycles. The van der Waals surface area contributed by atoms with E-state index in [0.29, 0.717) is 5.41 Å². The van der Waals surface area contributed by atoms with Gasteiger partial charge in [-0.05, 0) is 58.5 Å². The van der Waals surface area contributed by atoms with Gasteiger partial charge in [-0.2, -0.15) is 0 Å². The molecule has 0 atom stereocenters. The summed E-state index contributed by atoms with van der Waals surface area (Å²) in [5, 5.41) is 3.51. The van der Waals surface area contributed by atoms with Crippen molar-refractivity contribution in [3.05, 3.63) is 0 Å². The fraction of sp³-hybridized carbons (Fsp3) is 1.00. The van der Waals surface area contributed by atoms with Crippen molar-refractivity contribution in [1.82, 2.24) is 5.32 Å². The van der Waals surface area contributed by atoms with Gasteiger partial charge in [0.2, 0.25) is 0 Å². The Balaban J connectivity index is 3.54. The molecule has 2 nitrogen and oxygen atoms in total. The maximum Gasteiger partial charge on any atom is 0.00965 e. The summed E-state index contributed by atoms with van der Waals surface area (Å²) in [6.45, 7) is 13.1. The van der Waals surface area contributed by atoms with Crippen molar-refractivity contribution in [2.75, 3.05) is 13.1 Å². The summed E-state index contributed by atoms with van der Waals surface area (Å²) in [4.78, 5) is 0. The molecule has 0 aromatic carbocycles. The van der Waals surface area contributed by atoms with Gasteiger partial charge < -0.3 is 11.1 Å². The Hall–Kier alpha value is -0.0800. The fourth-order valence-corrected chi connectivity index (χ4v) is 1.55. The van der Waals surface area contributed by atoms with Crippen LogP contribution in [0.3, 0.4) is 0 Å². The topological polar surface area (TPSA) is 38.0 Å². The van der Waals surface area contributed by atoms with E-state index in [0.717, 1.165) is 19.5 Å². The molecule has 0 aromatic heterocycles. The minimum atomic E-state index is 0.248. The van der Waals surface area contributed by atoms with Crippen molar-refractivity contribution in [2.45, 2.75) is 59.4 Å². The van der Waals surface area contributed by atoms with E-state index in [1.807, 2.05) is 0 Å². The predicted octanol–water partition coefficient (Wildman–Crippen LogP) is 2.53. The highest BCUT2D eigenvalue weighted by molar-refractivity contribution is 4.73. The second-order valence-corrected chi connectivity index (χ2v) is 5.98. The highest BCUT2D eigenvalue weighted by Gasteiger charge is 2.16. The maximum absolute atomic E-state index is 5.57. The van der Waals surface area contributed by atoms with Crippen molar-refractivity contribution in [3.8, 4) is 0 Å². The first-order valence-electron chi connectivity index (χ1n) is 5.72. The van der Waals surface area contributed by atoms with Crippen LogP contribution in [0.15, 0.2) is 0 Å². The Morgan fingerprint density at radius 1 is 1.00 bits per heavy atom. The highest BCUT2D eigenvalue weighted by atomic mass is 14.9. The van der Waals surface area contributed by atoms with Crippen LogP contribution in [0, 0.1) is 5.41 Å². The Labute approximate surface area is 89.6 Å². The average molecular weight is 200 g/mol. The lowest BCUT2D eigenvalue weighted by Crippen LogP contribution is -2.36. The molecule has 0 aliphatic carbocycles. The largest absolute Gasteiger partial charge is 0.330 e. The van der Waals surface area contributed by atoms with Gasteiger partial charge in [0.25, 0.3) is 0 Å². The summed E-state index contributed by atoms with van der Waals surface area (Å²) in [6.07, 6.45) is 3.63. The third kappa shape index (κ3) is 8.52. The molecule has 3 N–H and O–H groups in total. The first-order valence-corrected chi connectivity index (χ1v) is 5.72. The molecule has 0 unspecified atom stereocenters. The summed E-state index contributed by atoms with van der Waals surface area (Å²) in [6, 6.07) is 0. The van der Waals surface area contributed by atoms with Crippen molar-refractivity contribution in [2.24, 2.45) is 11.1 Å². The molecule has 0 saturated heterocycles. The molecule has 0 bridgehead atoms. The number of nitrogens with one attached hydrogen (secondary N) is 1. The number of hydrogen-bond donors (Lipinski definition) is 2. The van der Waals surface area contributed by atoms with Gasteiger partial charge in [0, 0.05) is 5.54 Å². The first-order chi connectivity index (χ1) is 6.27. The van der Waals surface area contributed by atoms with E-state index in [1.165, 1.54) is 12.8 Å². The molecule has 0 aliphatic heterocycles. The fourth-order valence-electron chi connectivity index (χ4n) is 1.55. The van der Waals surface area contributed by atoms with Crippen LogP contribution in [0.25, 0.3) is 0 Å². The van der Waals surface area contributed by atoms with Gasteiger partial charge in [-0.25, -0.2) is 0 Å². The minimum absolute atomic E-state index is 0.248. The van der Waals surface area contributed by atoms with Crippen LogP contribution in [-0.2, 0) is 0 Å². The maximum atomic E-state index is 5.57. The summed E-state index contributed by atoms with van der Waals surface area (Å²) >= 11 is 0. The zero-order chi connectivity index (χ0) is 11.2. The van der Waals surface area contributed by atoms with E-state index in [4.69, 9.17) is 5.73 Å². The molecule has 0 heterocycles. The summed E-state index contributed by atoms with van der Waals surface area (Å²) < 4.78 is 0.